The topological polar surface area (TPSA) is 89.5 Å². The molecule has 0 bridgehead atoms. The van der Waals surface area contributed by atoms with E-state index < -0.39 is 46.9 Å². The fraction of sp³-hybridized carbons (Fsp3) is 0.333. The van der Waals surface area contributed by atoms with E-state index in [2.05, 4.69) is 5.32 Å². The molecule has 1 aliphatic carbocycles. The predicted octanol–water partition coefficient (Wildman–Crippen LogP) is 4.14. The molecule has 0 aromatic heterocycles. The zero-order valence-electron chi connectivity index (χ0n) is 18.1. The SMILES string of the molecule is CC(C)(C)OC(=O)CNC(=O)C1C(=O)c2cc(Cl)ccc2C(C)(c2ccc(Cl)cc2)C1=O. The van der Waals surface area contributed by atoms with Crippen LogP contribution >= 0.6 is 23.2 Å². The van der Waals surface area contributed by atoms with Crippen LogP contribution in [0.1, 0.15) is 49.2 Å². The van der Waals surface area contributed by atoms with Crippen molar-refractivity contribution in [3.63, 3.8) is 0 Å². The third-order valence-corrected chi connectivity index (χ3v) is 5.80. The van der Waals surface area contributed by atoms with Gasteiger partial charge in [-0.05, 0) is 63.1 Å². The van der Waals surface area contributed by atoms with Crippen molar-refractivity contribution in [3.8, 4) is 0 Å². The second-order valence-corrected chi connectivity index (χ2v) is 9.66. The van der Waals surface area contributed by atoms with E-state index in [1.54, 1.807) is 64.1 Å². The molecule has 0 heterocycles. The maximum absolute atomic E-state index is 13.6. The van der Waals surface area contributed by atoms with Crippen LogP contribution in [0.5, 0.6) is 0 Å². The Morgan fingerprint density at radius 1 is 1.03 bits per heavy atom. The monoisotopic (exact) mass is 475 g/mol. The van der Waals surface area contributed by atoms with E-state index in [4.69, 9.17) is 27.9 Å². The van der Waals surface area contributed by atoms with Gasteiger partial charge in [0, 0.05) is 15.6 Å². The quantitative estimate of drug-likeness (QED) is 0.529. The van der Waals surface area contributed by atoms with Crippen molar-refractivity contribution in [2.45, 2.75) is 38.7 Å². The summed E-state index contributed by atoms with van der Waals surface area (Å²) in [6, 6.07) is 11.3. The Morgan fingerprint density at radius 3 is 2.22 bits per heavy atom. The maximum Gasteiger partial charge on any atom is 0.325 e. The number of rotatable bonds is 4. The zero-order chi connectivity index (χ0) is 23.8. The average molecular weight is 476 g/mol. The van der Waals surface area contributed by atoms with Gasteiger partial charge in [-0.1, -0.05) is 41.4 Å². The van der Waals surface area contributed by atoms with Gasteiger partial charge in [0.05, 0.1) is 5.41 Å². The first-order valence-corrected chi connectivity index (χ1v) is 10.7. The van der Waals surface area contributed by atoms with E-state index in [-0.39, 0.29) is 5.56 Å². The van der Waals surface area contributed by atoms with E-state index in [1.165, 1.54) is 6.07 Å². The molecule has 1 N–H and O–H groups in total. The lowest BCUT2D eigenvalue weighted by Gasteiger charge is -2.37. The summed E-state index contributed by atoms with van der Waals surface area (Å²) in [6.07, 6.45) is 0. The highest BCUT2D eigenvalue weighted by molar-refractivity contribution is 6.33. The molecule has 0 fully saturated rings. The number of esters is 1. The van der Waals surface area contributed by atoms with Crippen LogP contribution in [0, 0.1) is 5.92 Å². The molecule has 6 nitrogen and oxygen atoms in total. The molecule has 168 valence electrons. The van der Waals surface area contributed by atoms with E-state index in [0.717, 1.165) is 0 Å². The predicted molar refractivity (Wildman–Crippen MR) is 121 cm³/mol. The number of ketones is 2. The van der Waals surface area contributed by atoms with E-state index in [1.807, 2.05) is 0 Å². The van der Waals surface area contributed by atoms with Crippen LogP contribution in [0.2, 0.25) is 10.0 Å². The number of carbonyl (C=O) groups is 4. The lowest BCUT2D eigenvalue weighted by Crippen LogP contribution is -2.53. The molecule has 2 atom stereocenters. The maximum atomic E-state index is 13.6. The Bertz CT molecular complexity index is 1100. The van der Waals surface area contributed by atoms with Gasteiger partial charge in [-0.3, -0.25) is 19.2 Å². The van der Waals surface area contributed by atoms with Crippen LogP contribution in [-0.4, -0.2) is 35.6 Å². The van der Waals surface area contributed by atoms with Crippen molar-refractivity contribution in [3.05, 3.63) is 69.2 Å². The number of benzene rings is 2. The molecular formula is C24H23Cl2NO5. The van der Waals surface area contributed by atoms with Crippen molar-refractivity contribution in [2.24, 2.45) is 5.92 Å². The van der Waals surface area contributed by atoms with Gasteiger partial charge in [0.2, 0.25) is 5.91 Å². The highest BCUT2D eigenvalue weighted by Gasteiger charge is 2.52. The second kappa shape index (κ2) is 8.68. The fourth-order valence-electron chi connectivity index (χ4n) is 3.81. The average Bonchev–Trinajstić information content (AvgIpc) is 2.70. The summed E-state index contributed by atoms with van der Waals surface area (Å²) in [5, 5.41) is 3.16. The summed E-state index contributed by atoms with van der Waals surface area (Å²) in [5.41, 5.74) is -0.816. The minimum atomic E-state index is -1.64. The highest BCUT2D eigenvalue weighted by Crippen LogP contribution is 2.43. The molecule has 3 rings (SSSR count). The van der Waals surface area contributed by atoms with Crippen LogP contribution in [0.25, 0.3) is 0 Å². The molecule has 32 heavy (non-hydrogen) atoms. The normalized spacial score (nSPS) is 20.5. The van der Waals surface area contributed by atoms with Crippen LogP contribution in [0.3, 0.4) is 0 Å². The zero-order valence-corrected chi connectivity index (χ0v) is 19.6. The third-order valence-electron chi connectivity index (χ3n) is 5.31. The minimum absolute atomic E-state index is 0.187. The smallest absolute Gasteiger partial charge is 0.325 e. The van der Waals surface area contributed by atoms with Crippen molar-refractivity contribution in [1.29, 1.82) is 0 Å². The van der Waals surface area contributed by atoms with Gasteiger partial charge in [-0.25, -0.2) is 0 Å². The first kappa shape index (κ1) is 24.0. The molecule has 1 aliphatic rings. The summed E-state index contributed by atoms with van der Waals surface area (Å²) in [5.74, 6) is -4.44. The Morgan fingerprint density at radius 2 is 1.62 bits per heavy atom. The molecule has 1 amide bonds. The van der Waals surface area contributed by atoms with Crippen LogP contribution in [0.4, 0.5) is 0 Å². The number of hydrogen-bond acceptors (Lipinski definition) is 5. The molecule has 0 spiro atoms. The van der Waals surface area contributed by atoms with Crippen LogP contribution in [0.15, 0.2) is 42.5 Å². The number of fused-ring (bicyclic) bond motifs is 1. The fourth-order valence-corrected chi connectivity index (χ4v) is 4.11. The molecule has 2 aromatic carbocycles. The number of nitrogens with one attached hydrogen (secondary N) is 1. The first-order chi connectivity index (χ1) is 14.8. The van der Waals surface area contributed by atoms with Gasteiger partial charge in [0.1, 0.15) is 12.1 Å². The van der Waals surface area contributed by atoms with E-state index in [0.29, 0.717) is 21.2 Å². The molecule has 0 saturated heterocycles. The number of hydrogen-bond donors (Lipinski definition) is 1. The van der Waals surface area contributed by atoms with Gasteiger partial charge < -0.3 is 10.1 Å². The minimum Gasteiger partial charge on any atom is -0.459 e. The summed E-state index contributed by atoms with van der Waals surface area (Å²) in [7, 11) is 0. The molecular weight excluding hydrogens is 453 g/mol. The number of ether oxygens (including phenoxy) is 1. The lowest BCUT2D eigenvalue weighted by molar-refractivity contribution is -0.155. The Balaban J connectivity index is 2.01. The summed E-state index contributed by atoms with van der Waals surface area (Å²) in [6.45, 7) is 6.27. The molecule has 0 radical (unpaired) electrons. The van der Waals surface area contributed by atoms with Gasteiger partial charge in [-0.2, -0.15) is 0 Å². The first-order valence-electron chi connectivity index (χ1n) is 9.99. The van der Waals surface area contributed by atoms with Gasteiger partial charge >= 0.3 is 5.97 Å². The van der Waals surface area contributed by atoms with Crippen LogP contribution in [-0.2, 0) is 24.5 Å². The van der Waals surface area contributed by atoms with Gasteiger partial charge in [0.15, 0.2) is 17.5 Å². The van der Waals surface area contributed by atoms with Gasteiger partial charge in [-0.15, -0.1) is 0 Å². The summed E-state index contributed by atoms with van der Waals surface area (Å²) in [4.78, 5) is 51.8. The highest BCUT2D eigenvalue weighted by atomic mass is 35.5. The molecule has 0 saturated carbocycles. The van der Waals surface area contributed by atoms with E-state index >= 15 is 0 Å². The number of halogens is 2. The standard InChI is InChI=1S/C24H23Cl2NO5/c1-23(2,3)32-18(28)12-27-22(31)19-20(29)16-11-15(26)9-10-17(16)24(4,21(19)30)13-5-7-14(25)8-6-13/h5-11,19H,12H2,1-4H3,(H,27,31). The summed E-state index contributed by atoms with van der Waals surface area (Å²) >= 11 is 12.1. The van der Waals surface area contributed by atoms with Crippen LogP contribution < -0.4 is 5.32 Å². The Hall–Kier alpha value is -2.70. The van der Waals surface area contributed by atoms with Gasteiger partial charge in [0.25, 0.3) is 0 Å². The largest absolute Gasteiger partial charge is 0.459 e. The number of amides is 1. The summed E-state index contributed by atoms with van der Waals surface area (Å²) < 4.78 is 5.17. The number of Topliss-reactive ketones (excluding diaryl/α,β-unsaturated/α-hetero) is 2. The molecule has 2 unspecified atom stereocenters. The van der Waals surface area contributed by atoms with Crippen molar-refractivity contribution in [1.82, 2.24) is 5.32 Å². The van der Waals surface area contributed by atoms with E-state index in [9.17, 15) is 19.2 Å². The Kier molecular flexibility index (Phi) is 6.50. The third kappa shape index (κ3) is 4.57. The number of carbonyl (C=O) groups excluding carboxylic acids is 4. The van der Waals surface area contributed by atoms with Crippen molar-refractivity contribution >= 4 is 46.6 Å². The Labute approximate surface area is 196 Å². The molecule has 2 aromatic rings. The second-order valence-electron chi connectivity index (χ2n) is 8.79. The van der Waals surface area contributed by atoms with Crippen molar-refractivity contribution in [2.75, 3.05) is 6.54 Å². The molecule has 8 heteroatoms. The molecule has 0 aliphatic heterocycles. The van der Waals surface area contributed by atoms with Crippen molar-refractivity contribution < 1.29 is 23.9 Å². The lowest BCUT2D eigenvalue weighted by atomic mass is 9.62.